The minimum absolute atomic E-state index is 0.0708. The van der Waals surface area contributed by atoms with Crippen molar-refractivity contribution in [1.82, 2.24) is 4.90 Å². The Morgan fingerprint density at radius 2 is 1.68 bits per heavy atom. The van der Waals surface area contributed by atoms with E-state index < -0.39 is 0 Å². The average Bonchev–Trinajstić information content (AvgIpc) is 2.48. The van der Waals surface area contributed by atoms with Crippen LogP contribution in [0.15, 0.2) is 0 Å². The molecule has 1 heterocycles. The minimum atomic E-state index is -0.0708. The first kappa shape index (κ1) is 15.3. The largest absolute Gasteiger partial charge is 0.391 e. The van der Waals surface area contributed by atoms with E-state index in [-0.39, 0.29) is 6.10 Å². The molecule has 1 saturated heterocycles. The molecular weight excluding hydrogens is 234 g/mol. The van der Waals surface area contributed by atoms with Gasteiger partial charge in [0.05, 0.1) is 6.10 Å². The van der Waals surface area contributed by atoms with E-state index in [1.165, 1.54) is 58.0 Å². The second kappa shape index (κ2) is 6.58. The Balaban J connectivity index is 1.92. The first-order valence-electron chi connectivity index (χ1n) is 8.56. The fraction of sp³-hybridized carbons (Fsp3) is 1.00. The number of rotatable bonds is 4. The molecule has 1 aliphatic carbocycles. The van der Waals surface area contributed by atoms with Crippen LogP contribution in [0.4, 0.5) is 0 Å². The molecule has 1 aliphatic heterocycles. The lowest BCUT2D eigenvalue weighted by Crippen LogP contribution is -2.51. The fourth-order valence-electron chi connectivity index (χ4n) is 4.27. The second-order valence-corrected chi connectivity index (χ2v) is 6.97. The molecule has 0 aromatic heterocycles. The van der Waals surface area contributed by atoms with Crippen molar-refractivity contribution in [1.29, 1.82) is 0 Å². The highest BCUT2D eigenvalue weighted by molar-refractivity contribution is 4.91. The summed E-state index contributed by atoms with van der Waals surface area (Å²) in [6, 6.07) is 0.449. The molecule has 0 aromatic carbocycles. The molecule has 0 spiro atoms. The summed E-state index contributed by atoms with van der Waals surface area (Å²) < 4.78 is 0. The van der Waals surface area contributed by atoms with Gasteiger partial charge in [0.15, 0.2) is 0 Å². The number of nitrogens with zero attached hydrogens (tertiary/aromatic N) is 1. The molecule has 112 valence electrons. The Kier molecular flexibility index (Phi) is 5.30. The highest BCUT2D eigenvalue weighted by atomic mass is 16.3. The molecule has 19 heavy (non-hydrogen) atoms. The van der Waals surface area contributed by atoms with Crippen molar-refractivity contribution in [2.45, 2.75) is 84.3 Å². The van der Waals surface area contributed by atoms with E-state index in [1.807, 2.05) is 0 Å². The minimum Gasteiger partial charge on any atom is -0.391 e. The molecule has 2 aliphatic rings. The van der Waals surface area contributed by atoms with Crippen LogP contribution in [-0.2, 0) is 0 Å². The van der Waals surface area contributed by atoms with Crippen molar-refractivity contribution < 1.29 is 5.11 Å². The standard InChI is InChI=1S/C17H33NO/c1-4-14-7-8-16(19)15(13-14)18-11-9-17(5-2,6-3)10-12-18/h14-16,19H,4-13H2,1-3H3. The Morgan fingerprint density at radius 1 is 1.05 bits per heavy atom. The van der Waals surface area contributed by atoms with Crippen molar-refractivity contribution in [3.63, 3.8) is 0 Å². The maximum atomic E-state index is 10.3. The van der Waals surface area contributed by atoms with Crippen molar-refractivity contribution >= 4 is 0 Å². The van der Waals surface area contributed by atoms with Crippen LogP contribution in [0, 0.1) is 11.3 Å². The van der Waals surface area contributed by atoms with E-state index >= 15 is 0 Å². The third kappa shape index (κ3) is 3.33. The van der Waals surface area contributed by atoms with Gasteiger partial charge in [-0.15, -0.1) is 0 Å². The maximum absolute atomic E-state index is 10.3. The van der Waals surface area contributed by atoms with E-state index in [9.17, 15) is 5.11 Å². The summed E-state index contributed by atoms with van der Waals surface area (Å²) in [5.74, 6) is 0.845. The second-order valence-electron chi connectivity index (χ2n) is 6.97. The molecule has 0 aromatic rings. The molecule has 0 radical (unpaired) electrons. The smallest absolute Gasteiger partial charge is 0.0695 e. The van der Waals surface area contributed by atoms with Gasteiger partial charge in [-0.05, 0) is 56.5 Å². The van der Waals surface area contributed by atoms with Gasteiger partial charge in [-0.25, -0.2) is 0 Å². The fourth-order valence-corrected chi connectivity index (χ4v) is 4.27. The van der Waals surface area contributed by atoms with E-state index in [0.717, 1.165) is 12.3 Å². The van der Waals surface area contributed by atoms with Crippen LogP contribution in [0.25, 0.3) is 0 Å². The molecule has 1 saturated carbocycles. The lowest BCUT2D eigenvalue weighted by atomic mass is 9.73. The Morgan fingerprint density at radius 3 is 2.21 bits per heavy atom. The number of aliphatic hydroxyl groups is 1. The number of hydrogen-bond acceptors (Lipinski definition) is 2. The topological polar surface area (TPSA) is 23.5 Å². The van der Waals surface area contributed by atoms with Gasteiger partial charge in [-0.1, -0.05) is 40.0 Å². The monoisotopic (exact) mass is 267 g/mol. The zero-order chi connectivity index (χ0) is 13.9. The van der Waals surface area contributed by atoms with Gasteiger partial charge in [0, 0.05) is 6.04 Å². The summed E-state index contributed by atoms with van der Waals surface area (Å²) in [6.07, 6.45) is 10.00. The summed E-state index contributed by atoms with van der Waals surface area (Å²) in [4.78, 5) is 2.61. The number of aliphatic hydroxyl groups excluding tert-OH is 1. The van der Waals surface area contributed by atoms with Crippen LogP contribution in [0.3, 0.4) is 0 Å². The first-order valence-corrected chi connectivity index (χ1v) is 8.56. The van der Waals surface area contributed by atoms with E-state index in [4.69, 9.17) is 0 Å². The van der Waals surface area contributed by atoms with Crippen LogP contribution in [-0.4, -0.2) is 35.2 Å². The summed E-state index contributed by atoms with van der Waals surface area (Å²) in [7, 11) is 0. The van der Waals surface area contributed by atoms with Gasteiger partial charge in [0.25, 0.3) is 0 Å². The molecule has 2 rings (SSSR count). The molecule has 2 fully saturated rings. The predicted octanol–water partition coefficient (Wildman–Crippen LogP) is 3.83. The van der Waals surface area contributed by atoms with Gasteiger partial charge in [-0.2, -0.15) is 0 Å². The van der Waals surface area contributed by atoms with Crippen LogP contribution < -0.4 is 0 Å². The molecule has 0 bridgehead atoms. The van der Waals surface area contributed by atoms with Crippen molar-refractivity contribution in [2.24, 2.45) is 11.3 Å². The van der Waals surface area contributed by atoms with Crippen molar-refractivity contribution in [2.75, 3.05) is 13.1 Å². The summed E-state index contributed by atoms with van der Waals surface area (Å²) >= 11 is 0. The van der Waals surface area contributed by atoms with E-state index in [1.54, 1.807) is 0 Å². The van der Waals surface area contributed by atoms with Crippen LogP contribution in [0.2, 0.25) is 0 Å². The number of piperidine rings is 1. The number of hydrogen-bond donors (Lipinski definition) is 1. The lowest BCUT2D eigenvalue weighted by molar-refractivity contribution is -0.0266. The van der Waals surface area contributed by atoms with Crippen LogP contribution in [0.5, 0.6) is 0 Å². The van der Waals surface area contributed by atoms with Gasteiger partial charge >= 0.3 is 0 Å². The zero-order valence-corrected chi connectivity index (χ0v) is 13.2. The Hall–Kier alpha value is -0.0800. The van der Waals surface area contributed by atoms with Gasteiger partial charge in [-0.3, -0.25) is 4.90 Å². The quantitative estimate of drug-likeness (QED) is 0.837. The van der Waals surface area contributed by atoms with Gasteiger partial charge in [0.1, 0.15) is 0 Å². The van der Waals surface area contributed by atoms with Crippen LogP contribution >= 0.6 is 0 Å². The van der Waals surface area contributed by atoms with E-state index in [0.29, 0.717) is 11.5 Å². The number of likely N-dealkylation sites (tertiary alicyclic amines) is 1. The van der Waals surface area contributed by atoms with E-state index in [2.05, 4.69) is 25.7 Å². The molecule has 1 N–H and O–H groups in total. The zero-order valence-electron chi connectivity index (χ0n) is 13.2. The van der Waals surface area contributed by atoms with Gasteiger partial charge < -0.3 is 5.11 Å². The first-order chi connectivity index (χ1) is 9.14. The highest BCUT2D eigenvalue weighted by Gasteiger charge is 2.38. The Labute approximate surface area is 119 Å². The molecule has 3 unspecified atom stereocenters. The third-order valence-electron chi connectivity index (χ3n) is 6.29. The molecule has 2 heteroatoms. The highest BCUT2D eigenvalue weighted by Crippen LogP contribution is 2.40. The van der Waals surface area contributed by atoms with Gasteiger partial charge in [0.2, 0.25) is 0 Å². The average molecular weight is 267 g/mol. The lowest BCUT2D eigenvalue weighted by Gasteiger charge is -2.47. The molecule has 2 nitrogen and oxygen atoms in total. The SMILES string of the molecule is CCC1CCC(O)C(N2CCC(CC)(CC)CC2)C1. The summed E-state index contributed by atoms with van der Waals surface area (Å²) in [5.41, 5.74) is 0.597. The van der Waals surface area contributed by atoms with Crippen LogP contribution in [0.1, 0.15) is 72.1 Å². The summed E-state index contributed by atoms with van der Waals surface area (Å²) in [6.45, 7) is 9.41. The van der Waals surface area contributed by atoms with Crippen molar-refractivity contribution in [3.8, 4) is 0 Å². The molecule has 0 amide bonds. The predicted molar refractivity (Wildman–Crippen MR) is 81.2 cm³/mol. The molecular formula is C17H33NO. The molecule has 3 atom stereocenters. The van der Waals surface area contributed by atoms with Crippen molar-refractivity contribution in [3.05, 3.63) is 0 Å². The Bertz CT molecular complexity index is 264. The third-order valence-corrected chi connectivity index (χ3v) is 6.29. The summed E-state index contributed by atoms with van der Waals surface area (Å²) in [5, 5.41) is 10.3. The maximum Gasteiger partial charge on any atom is 0.0695 e. The normalized spacial score (nSPS) is 36.3.